The van der Waals surface area contributed by atoms with Gasteiger partial charge in [-0.3, -0.25) is 14.9 Å². The third-order valence-corrected chi connectivity index (χ3v) is 6.07. The Kier molecular flexibility index (Phi) is 3.68. The van der Waals surface area contributed by atoms with Crippen LogP contribution < -0.4 is 5.32 Å². The third-order valence-electron chi connectivity index (χ3n) is 5.71. The van der Waals surface area contributed by atoms with E-state index in [-0.39, 0.29) is 23.3 Å². The smallest absolute Gasteiger partial charge is 0.231 e. The molecule has 3 heterocycles. The molecule has 3 aromatic heterocycles. The second-order valence-corrected chi connectivity index (χ2v) is 8.24. The van der Waals surface area contributed by atoms with Gasteiger partial charge in [0.25, 0.3) is 0 Å². The Bertz CT molecular complexity index is 1340. The number of nitrogens with one attached hydrogen (secondary N) is 2. The lowest BCUT2D eigenvalue weighted by Crippen LogP contribution is -2.15. The summed E-state index contributed by atoms with van der Waals surface area (Å²) in [5, 5.41) is 10.3. The molecule has 6 rings (SSSR count). The molecule has 2 saturated carbocycles. The standard InChI is InChI=1S/C20H15ClF2N6O/c21-17-16(10-4-25-28-19(10)15(18(17)23)8-1-2-8)12-6-29-7-13(26-14(29)5-24-12)27-20(30)9-3-11(9)22/h4-9,11H,1-3H2,(H,25,28)(H,27,30). The highest BCUT2D eigenvalue weighted by atomic mass is 35.5. The number of H-pyrrole nitrogens is 1. The summed E-state index contributed by atoms with van der Waals surface area (Å²) in [5.74, 6) is -0.987. The predicted octanol–water partition coefficient (Wildman–Crippen LogP) is 4.24. The van der Waals surface area contributed by atoms with Crippen LogP contribution in [0.2, 0.25) is 5.02 Å². The predicted molar refractivity (Wildman–Crippen MR) is 107 cm³/mol. The molecule has 10 heteroatoms. The fourth-order valence-electron chi connectivity index (χ4n) is 3.89. The van der Waals surface area contributed by atoms with Crippen molar-refractivity contribution in [3.05, 3.63) is 41.2 Å². The molecule has 30 heavy (non-hydrogen) atoms. The summed E-state index contributed by atoms with van der Waals surface area (Å²) in [6.07, 6.45) is 7.41. The van der Waals surface area contributed by atoms with E-state index in [1.165, 1.54) is 6.20 Å². The van der Waals surface area contributed by atoms with Gasteiger partial charge in [0.2, 0.25) is 5.91 Å². The molecule has 4 aromatic rings. The van der Waals surface area contributed by atoms with Gasteiger partial charge in [0.15, 0.2) is 11.5 Å². The second kappa shape index (κ2) is 6.21. The summed E-state index contributed by atoms with van der Waals surface area (Å²) in [6.45, 7) is 0. The first-order valence-electron chi connectivity index (χ1n) is 9.65. The molecule has 2 fully saturated rings. The number of carbonyl (C=O) groups excluding carboxylic acids is 1. The van der Waals surface area contributed by atoms with Gasteiger partial charge in [-0.1, -0.05) is 11.6 Å². The summed E-state index contributed by atoms with van der Waals surface area (Å²) in [5.41, 5.74) is 2.59. The van der Waals surface area contributed by atoms with Gasteiger partial charge in [-0.2, -0.15) is 5.10 Å². The average Bonchev–Trinajstić information content (AvgIpc) is 3.59. The Balaban J connectivity index is 1.43. The van der Waals surface area contributed by atoms with Gasteiger partial charge in [-0.25, -0.2) is 13.8 Å². The summed E-state index contributed by atoms with van der Waals surface area (Å²) in [6, 6.07) is 0. The van der Waals surface area contributed by atoms with Crippen LogP contribution >= 0.6 is 11.6 Å². The molecule has 2 atom stereocenters. The number of carbonyl (C=O) groups is 1. The van der Waals surface area contributed by atoms with Gasteiger partial charge in [0.1, 0.15) is 12.0 Å². The van der Waals surface area contributed by atoms with E-state index in [1.54, 1.807) is 23.0 Å². The van der Waals surface area contributed by atoms with Crippen molar-refractivity contribution < 1.29 is 13.6 Å². The van der Waals surface area contributed by atoms with Crippen molar-refractivity contribution in [2.24, 2.45) is 5.92 Å². The van der Waals surface area contributed by atoms with Crippen LogP contribution in [0.4, 0.5) is 14.6 Å². The second-order valence-electron chi connectivity index (χ2n) is 7.86. The van der Waals surface area contributed by atoms with Crippen LogP contribution in [0.1, 0.15) is 30.7 Å². The number of aromatic nitrogens is 5. The van der Waals surface area contributed by atoms with Crippen LogP contribution in [0.15, 0.2) is 24.8 Å². The minimum Gasteiger partial charge on any atom is -0.309 e. The fraction of sp³-hybridized carbons (Fsp3) is 0.300. The van der Waals surface area contributed by atoms with Gasteiger partial charge in [0, 0.05) is 22.7 Å². The Morgan fingerprint density at radius 3 is 2.83 bits per heavy atom. The molecule has 0 radical (unpaired) electrons. The number of halogens is 3. The Morgan fingerprint density at radius 2 is 2.10 bits per heavy atom. The minimum absolute atomic E-state index is 0.00834. The highest BCUT2D eigenvalue weighted by molar-refractivity contribution is 6.35. The number of hydrogen-bond donors (Lipinski definition) is 2. The highest BCUT2D eigenvalue weighted by Gasteiger charge is 2.43. The quantitative estimate of drug-likeness (QED) is 0.509. The number of aromatic amines is 1. The molecule has 2 unspecified atom stereocenters. The van der Waals surface area contributed by atoms with Gasteiger partial charge >= 0.3 is 0 Å². The zero-order valence-electron chi connectivity index (χ0n) is 15.5. The highest BCUT2D eigenvalue weighted by Crippen LogP contribution is 2.48. The molecule has 2 N–H and O–H groups in total. The molecule has 2 aliphatic carbocycles. The molecule has 1 aromatic carbocycles. The van der Waals surface area contributed by atoms with Crippen molar-refractivity contribution in [2.45, 2.75) is 31.4 Å². The molecule has 2 aliphatic rings. The van der Waals surface area contributed by atoms with E-state index < -0.39 is 17.9 Å². The summed E-state index contributed by atoms with van der Waals surface area (Å²) in [4.78, 5) is 20.6. The normalized spacial score (nSPS) is 20.8. The summed E-state index contributed by atoms with van der Waals surface area (Å²) < 4.78 is 29.9. The van der Waals surface area contributed by atoms with E-state index in [0.29, 0.717) is 39.2 Å². The average molecular weight is 429 g/mol. The molecule has 152 valence electrons. The van der Waals surface area contributed by atoms with E-state index in [2.05, 4.69) is 25.5 Å². The maximum Gasteiger partial charge on any atom is 0.231 e. The summed E-state index contributed by atoms with van der Waals surface area (Å²) in [7, 11) is 0. The topological polar surface area (TPSA) is 88.0 Å². The molecule has 0 spiro atoms. The lowest BCUT2D eigenvalue weighted by atomic mass is 10.00. The third kappa shape index (κ3) is 2.68. The maximum atomic E-state index is 15.1. The zero-order valence-corrected chi connectivity index (χ0v) is 16.2. The number of rotatable bonds is 4. The van der Waals surface area contributed by atoms with Crippen molar-refractivity contribution in [3.8, 4) is 11.3 Å². The molecule has 1 amide bonds. The number of benzene rings is 1. The number of anilines is 1. The van der Waals surface area contributed by atoms with Crippen LogP contribution in [0.5, 0.6) is 0 Å². The molecule has 0 aliphatic heterocycles. The van der Waals surface area contributed by atoms with E-state index in [1.807, 2.05) is 0 Å². The fourth-order valence-corrected chi connectivity index (χ4v) is 4.19. The van der Waals surface area contributed by atoms with Crippen molar-refractivity contribution in [1.82, 2.24) is 24.6 Å². The number of amides is 1. The lowest BCUT2D eigenvalue weighted by Gasteiger charge is -2.11. The number of hydrogen-bond acceptors (Lipinski definition) is 4. The van der Waals surface area contributed by atoms with Crippen molar-refractivity contribution >= 4 is 39.9 Å². The number of nitrogens with zero attached hydrogens (tertiary/aromatic N) is 4. The molecular formula is C20H15ClF2N6O. The van der Waals surface area contributed by atoms with Crippen LogP contribution in [0.3, 0.4) is 0 Å². The van der Waals surface area contributed by atoms with Crippen molar-refractivity contribution in [2.75, 3.05) is 5.32 Å². The monoisotopic (exact) mass is 428 g/mol. The Labute approximate surface area is 173 Å². The van der Waals surface area contributed by atoms with Gasteiger partial charge in [-0.15, -0.1) is 0 Å². The zero-order chi connectivity index (χ0) is 20.6. The van der Waals surface area contributed by atoms with Crippen molar-refractivity contribution in [3.63, 3.8) is 0 Å². The molecule has 0 bridgehead atoms. The van der Waals surface area contributed by atoms with Gasteiger partial charge < -0.3 is 9.72 Å². The van der Waals surface area contributed by atoms with E-state index in [4.69, 9.17) is 11.6 Å². The maximum absolute atomic E-state index is 15.1. The first-order chi connectivity index (χ1) is 14.5. The number of imidazole rings is 1. The van der Waals surface area contributed by atoms with Crippen LogP contribution in [0.25, 0.3) is 27.8 Å². The molecular weight excluding hydrogens is 414 g/mol. The number of alkyl halides is 1. The van der Waals surface area contributed by atoms with Crippen LogP contribution in [-0.4, -0.2) is 36.6 Å². The minimum atomic E-state index is -1.08. The largest absolute Gasteiger partial charge is 0.309 e. The van der Waals surface area contributed by atoms with E-state index in [9.17, 15) is 9.18 Å². The van der Waals surface area contributed by atoms with E-state index >= 15 is 4.39 Å². The van der Waals surface area contributed by atoms with Crippen LogP contribution in [-0.2, 0) is 4.79 Å². The first kappa shape index (κ1) is 17.8. The molecule has 7 nitrogen and oxygen atoms in total. The van der Waals surface area contributed by atoms with Crippen LogP contribution in [0, 0.1) is 11.7 Å². The Hall–Kier alpha value is -3.07. The first-order valence-corrected chi connectivity index (χ1v) is 10.0. The lowest BCUT2D eigenvalue weighted by molar-refractivity contribution is -0.117. The van der Waals surface area contributed by atoms with Crippen molar-refractivity contribution in [1.29, 1.82) is 0 Å². The Morgan fingerprint density at radius 1 is 1.30 bits per heavy atom. The molecule has 0 saturated heterocycles. The summed E-state index contributed by atoms with van der Waals surface area (Å²) >= 11 is 6.45. The van der Waals surface area contributed by atoms with Gasteiger partial charge in [-0.05, 0) is 25.2 Å². The van der Waals surface area contributed by atoms with Gasteiger partial charge in [0.05, 0.1) is 40.7 Å². The number of fused-ring (bicyclic) bond motifs is 2. The van der Waals surface area contributed by atoms with E-state index in [0.717, 1.165) is 12.8 Å². The SMILES string of the molecule is O=C(Nc1cn2cc(-c3c(Cl)c(F)c(C4CC4)c4[nH]ncc34)ncc2n1)C1CC1F.